The van der Waals surface area contributed by atoms with E-state index in [1.54, 1.807) is 0 Å². The third-order valence-electron chi connectivity index (χ3n) is 12.3. The van der Waals surface area contributed by atoms with Crippen molar-refractivity contribution in [2.75, 3.05) is 0 Å². The molecule has 12 aromatic rings. The fourth-order valence-electron chi connectivity index (χ4n) is 9.55. The van der Waals surface area contributed by atoms with Crippen LogP contribution < -0.4 is 0 Å². The Morgan fingerprint density at radius 3 is 1.51 bits per heavy atom. The van der Waals surface area contributed by atoms with Crippen molar-refractivity contribution in [2.45, 2.75) is 0 Å². The Morgan fingerprint density at radius 1 is 0.305 bits per heavy atom. The predicted molar refractivity (Wildman–Crippen MR) is 245 cm³/mol. The van der Waals surface area contributed by atoms with E-state index in [1.807, 2.05) is 0 Å². The van der Waals surface area contributed by atoms with Gasteiger partial charge in [-0.05, 0) is 102 Å². The van der Waals surface area contributed by atoms with Crippen LogP contribution in [0, 0.1) is 0 Å². The molecule has 0 N–H and O–H groups in total. The summed E-state index contributed by atoms with van der Waals surface area (Å²) in [6.07, 6.45) is 0. The number of para-hydroxylation sites is 1. The van der Waals surface area contributed by atoms with Crippen LogP contribution in [-0.4, -0.2) is 19.5 Å². The first kappa shape index (κ1) is 32.2. The highest BCUT2D eigenvalue weighted by Crippen LogP contribution is 2.52. The number of nitrogens with zero attached hydrogens (tertiary/aromatic N) is 4. The zero-order chi connectivity index (χ0) is 38.6. The lowest BCUT2D eigenvalue weighted by molar-refractivity contribution is 1.07. The number of hydrogen-bond acceptors (Lipinski definition) is 3. The minimum atomic E-state index is 0.639. The second-order valence-electron chi connectivity index (χ2n) is 15.6. The average molecular weight is 749 g/mol. The lowest BCUT2D eigenvalue weighted by Crippen LogP contribution is -2.03. The van der Waals surface area contributed by atoms with E-state index in [0.29, 0.717) is 17.5 Å². The largest absolute Gasteiger partial charge is 0.309 e. The highest BCUT2D eigenvalue weighted by atomic mass is 15.0. The van der Waals surface area contributed by atoms with Crippen molar-refractivity contribution in [3.8, 4) is 62.1 Å². The molecule has 2 aromatic heterocycles. The molecule has 0 atom stereocenters. The fraction of sp³-hybridized carbons (Fsp3) is 0. The molecule has 4 heteroatoms. The van der Waals surface area contributed by atoms with Crippen LogP contribution in [0.5, 0.6) is 0 Å². The van der Waals surface area contributed by atoms with Gasteiger partial charge in [0.15, 0.2) is 17.5 Å². The van der Waals surface area contributed by atoms with Gasteiger partial charge >= 0.3 is 0 Å². The van der Waals surface area contributed by atoms with Crippen molar-refractivity contribution >= 4 is 64.9 Å². The van der Waals surface area contributed by atoms with E-state index in [9.17, 15) is 0 Å². The molecular weight excluding hydrogens is 717 g/mol. The Labute approximate surface area is 339 Å². The lowest BCUT2D eigenvalue weighted by Gasteiger charge is -2.17. The fourth-order valence-corrected chi connectivity index (χ4v) is 9.55. The normalized spacial score (nSPS) is 12.1. The molecule has 0 radical (unpaired) electrons. The van der Waals surface area contributed by atoms with Crippen molar-refractivity contribution in [3.05, 3.63) is 194 Å². The predicted octanol–water partition coefficient (Wildman–Crippen LogP) is 14.2. The topological polar surface area (TPSA) is 43.6 Å². The molecule has 4 nitrogen and oxygen atoms in total. The van der Waals surface area contributed by atoms with E-state index >= 15 is 0 Å². The first-order chi connectivity index (χ1) is 29.2. The van der Waals surface area contributed by atoms with Crippen LogP contribution in [0.4, 0.5) is 0 Å². The van der Waals surface area contributed by atoms with Gasteiger partial charge in [0.1, 0.15) is 0 Å². The second-order valence-corrected chi connectivity index (χ2v) is 15.6. The lowest BCUT2D eigenvalue weighted by atomic mass is 9.96. The summed E-state index contributed by atoms with van der Waals surface area (Å²) in [5.41, 5.74) is 11.0. The molecule has 0 saturated heterocycles. The smallest absolute Gasteiger partial charge is 0.164 e. The quantitative estimate of drug-likeness (QED) is 0.180. The summed E-state index contributed by atoms with van der Waals surface area (Å²) >= 11 is 0. The van der Waals surface area contributed by atoms with Crippen molar-refractivity contribution in [2.24, 2.45) is 0 Å². The number of fused-ring (bicyclic) bond motifs is 9. The van der Waals surface area contributed by atoms with Gasteiger partial charge in [0.2, 0.25) is 0 Å². The molecule has 0 spiro atoms. The SMILES string of the molecule is c1ccc2cc(-c3nc(-c4ccc5ccccc5c4)nc(-c4cc(-n5c6ccccc6c6cc7ccccc7cc65)cc5c4-c4cccc6cccc-5c46)n3)ccc2c1. The van der Waals surface area contributed by atoms with Crippen LogP contribution in [0.1, 0.15) is 0 Å². The summed E-state index contributed by atoms with van der Waals surface area (Å²) in [6.45, 7) is 0. The van der Waals surface area contributed by atoms with Gasteiger partial charge in [-0.1, -0.05) is 152 Å². The van der Waals surface area contributed by atoms with Crippen molar-refractivity contribution in [1.82, 2.24) is 19.5 Å². The molecule has 2 heterocycles. The standard InChI is InChI=1S/C55H32N4/c1-3-13-36-27-40(25-23-33(36)11-1)53-56-54(41-26-24-34-12-2-4-14-37(34)28-41)58-55(57-53)48-32-42(31-47-44-20-9-17-35-18-10-21-45(51(35)44)52(47)48)59-49-22-8-7-19-43(49)46-29-38-15-5-6-16-39(38)30-50(46)59/h1-32H. The summed E-state index contributed by atoms with van der Waals surface area (Å²) in [6, 6.07) is 69.9. The Hall–Kier alpha value is -7.95. The summed E-state index contributed by atoms with van der Waals surface area (Å²) in [4.78, 5) is 16.1. The van der Waals surface area contributed by atoms with Gasteiger partial charge in [-0.3, -0.25) is 0 Å². The second kappa shape index (κ2) is 12.3. The van der Waals surface area contributed by atoms with Crippen LogP contribution >= 0.6 is 0 Å². The molecule has 59 heavy (non-hydrogen) atoms. The number of aromatic nitrogens is 4. The number of rotatable bonds is 4. The van der Waals surface area contributed by atoms with Gasteiger partial charge < -0.3 is 4.57 Å². The summed E-state index contributed by atoms with van der Waals surface area (Å²) in [5.74, 6) is 1.92. The maximum atomic E-state index is 5.43. The monoisotopic (exact) mass is 748 g/mol. The third-order valence-corrected chi connectivity index (χ3v) is 12.3. The van der Waals surface area contributed by atoms with E-state index < -0.39 is 0 Å². The molecule has 1 aliphatic carbocycles. The van der Waals surface area contributed by atoms with Crippen molar-refractivity contribution in [1.29, 1.82) is 0 Å². The van der Waals surface area contributed by atoms with Crippen LogP contribution in [-0.2, 0) is 0 Å². The van der Waals surface area contributed by atoms with E-state index in [2.05, 4.69) is 199 Å². The molecule has 10 aromatic carbocycles. The molecule has 272 valence electrons. The molecule has 0 fully saturated rings. The van der Waals surface area contributed by atoms with E-state index in [-0.39, 0.29) is 0 Å². The van der Waals surface area contributed by atoms with E-state index in [1.165, 1.54) is 59.8 Å². The Morgan fingerprint density at radius 2 is 0.831 bits per heavy atom. The molecule has 13 rings (SSSR count). The maximum Gasteiger partial charge on any atom is 0.164 e. The summed E-state index contributed by atoms with van der Waals surface area (Å²) < 4.78 is 2.43. The first-order valence-electron chi connectivity index (χ1n) is 20.1. The Kier molecular flexibility index (Phi) is 6.69. The number of hydrogen-bond donors (Lipinski definition) is 0. The maximum absolute atomic E-state index is 5.43. The number of benzene rings is 10. The van der Waals surface area contributed by atoms with Crippen LogP contribution in [0.3, 0.4) is 0 Å². The van der Waals surface area contributed by atoms with Crippen molar-refractivity contribution in [3.63, 3.8) is 0 Å². The van der Waals surface area contributed by atoms with E-state index in [4.69, 9.17) is 15.0 Å². The van der Waals surface area contributed by atoms with Gasteiger partial charge in [0.05, 0.1) is 11.0 Å². The first-order valence-corrected chi connectivity index (χ1v) is 20.1. The highest BCUT2D eigenvalue weighted by Gasteiger charge is 2.28. The summed E-state index contributed by atoms with van der Waals surface area (Å²) in [7, 11) is 0. The Balaban J connectivity index is 1.14. The van der Waals surface area contributed by atoms with Gasteiger partial charge in [0.25, 0.3) is 0 Å². The van der Waals surface area contributed by atoms with Gasteiger partial charge in [-0.15, -0.1) is 0 Å². The molecule has 0 aliphatic heterocycles. The minimum absolute atomic E-state index is 0.639. The molecule has 0 saturated carbocycles. The average Bonchev–Trinajstić information content (AvgIpc) is 3.80. The van der Waals surface area contributed by atoms with Gasteiger partial charge in [-0.25, -0.2) is 15.0 Å². The third kappa shape index (κ3) is 4.87. The van der Waals surface area contributed by atoms with Crippen LogP contribution in [0.15, 0.2) is 194 Å². The van der Waals surface area contributed by atoms with E-state index in [0.717, 1.165) is 49.7 Å². The molecule has 0 bridgehead atoms. The molecular formula is C55H32N4. The molecule has 0 amide bonds. The summed E-state index contributed by atoms with van der Waals surface area (Å²) in [5, 5.41) is 12.0. The molecule has 0 unspecified atom stereocenters. The highest BCUT2D eigenvalue weighted by molar-refractivity contribution is 6.19. The zero-order valence-corrected chi connectivity index (χ0v) is 31.8. The van der Waals surface area contributed by atoms with Crippen molar-refractivity contribution < 1.29 is 0 Å². The minimum Gasteiger partial charge on any atom is -0.309 e. The van der Waals surface area contributed by atoms with Gasteiger partial charge in [-0.2, -0.15) is 0 Å². The molecule has 1 aliphatic rings. The zero-order valence-electron chi connectivity index (χ0n) is 31.8. The Bertz CT molecular complexity index is 3640. The van der Waals surface area contributed by atoms with Crippen LogP contribution in [0.2, 0.25) is 0 Å². The van der Waals surface area contributed by atoms with Crippen LogP contribution in [0.25, 0.3) is 127 Å². The van der Waals surface area contributed by atoms with Gasteiger partial charge in [0, 0.05) is 38.7 Å².